The van der Waals surface area contributed by atoms with E-state index in [0.717, 1.165) is 43.5 Å². The van der Waals surface area contributed by atoms with Gasteiger partial charge in [0.1, 0.15) is 0 Å². The van der Waals surface area contributed by atoms with Gasteiger partial charge in [-0.05, 0) is 31.3 Å². The summed E-state index contributed by atoms with van der Waals surface area (Å²) in [6.07, 6.45) is 0.595. The Balaban J connectivity index is 1.35. The molecule has 0 unspecified atom stereocenters. The second kappa shape index (κ2) is 7.69. The zero-order valence-corrected chi connectivity index (χ0v) is 16.4. The minimum Gasteiger partial charge on any atom is -0.413 e. The lowest BCUT2D eigenvalue weighted by Crippen LogP contribution is -3.14. The fourth-order valence-corrected chi connectivity index (χ4v) is 4.07. The van der Waals surface area contributed by atoms with Crippen LogP contribution in [0.25, 0.3) is 0 Å². The van der Waals surface area contributed by atoms with Crippen molar-refractivity contribution >= 4 is 29.2 Å². The smallest absolute Gasteiger partial charge is 0.291 e. The Labute approximate surface area is 161 Å². The molecular formula is C18H22N5OS2+. The molecule has 6 nitrogen and oxygen atoms in total. The van der Waals surface area contributed by atoms with Gasteiger partial charge < -0.3 is 14.2 Å². The maximum absolute atomic E-state index is 5.67. The van der Waals surface area contributed by atoms with E-state index in [1.165, 1.54) is 10.6 Å². The summed E-state index contributed by atoms with van der Waals surface area (Å²) in [5.74, 6) is 0.641. The van der Waals surface area contributed by atoms with Gasteiger partial charge in [-0.2, -0.15) is 4.68 Å². The predicted octanol–water partition coefficient (Wildman–Crippen LogP) is 1.92. The summed E-state index contributed by atoms with van der Waals surface area (Å²) in [6.45, 7) is 6.95. The van der Waals surface area contributed by atoms with E-state index in [9.17, 15) is 0 Å². The first-order chi connectivity index (χ1) is 12.7. The molecule has 1 aliphatic rings. The molecule has 1 fully saturated rings. The van der Waals surface area contributed by atoms with Crippen molar-refractivity contribution in [2.24, 2.45) is 0 Å². The molecule has 0 bridgehead atoms. The van der Waals surface area contributed by atoms with E-state index in [-0.39, 0.29) is 0 Å². The highest BCUT2D eigenvalue weighted by Crippen LogP contribution is 2.13. The van der Waals surface area contributed by atoms with Crippen molar-refractivity contribution in [1.82, 2.24) is 14.8 Å². The van der Waals surface area contributed by atoms with Crippen LogP contribution in [0.3, 0.4) is 0 Å². The normalized spacial score (nSPS) is 15.5. The standard InChI is InChI=1S/C18H21N5OS2/c1-14-19-15(12-26-14)11-17-20-23(18(25)24-17)13-21-7-9-22(10-8-21)16-5-3-2-4-6-16/h2-6,12H,7-11,13H2,1H3/p+1. The monoisotopic (exact) mass is 388 g/mol. The summed E-state index contributed by atoms with van der Waals surface area (Å²) >= 11 is 6.99. The molecule has 136 valence electrons. The maximum Gasteiger partial charge on any atom is 0.291 e. The number of nitrogens with zero attached hydrogens (tertiary/aromatic N) is 4. The first-order valence-corrected chi connectivity index (χ1v) is 10.1. The summed E-state index contributed by atoms with van der Waals surface area (Å²) < 4.78 is 7.48. The fraction of sp³-hybridized carbons (Fsp3) is 0.389. The number of benzene rings is 1. The second-order valence-electron chi connectivity index (χ2n) is 6.53. The number of aromatic nitrogens is 3. The van der Waals surface area contributed by atoms with Gasteiger partial charge >= 0.3 is 0 Å². The lowest BCUT2D eigenvalue weighted by molar-refractivity contribution is -0.924. The van der Waals surface area contributed by atoms with E-state index in [1.54, 1.807) is 11.3 Å². The molecule has 0 saturated carbocycles. The lowest BCUT2D eigenvalue weighted by Gasteiger charge is -2.33. The Morgan fingerprint density at radius 1 is 1.23 bits per heavy atom. The van der Waals surface area contributed by atoms with Gasteiger partial charge in [0.05, 0.1) is 43.3 Å². The Kier molecular flexibility index (Phi) is 5.14. The van der Waals surface area contributed by atoms with Crippen molar-refractivity contribution in [2.45, 2.75) is 20.0 Å². The van der Waals surface area contributed by atoms with Crippen molar-refractivity contribution < 1.29 is 9.32 Å². The van der Waals surface area contributed by atoms with E-state index in [0.29, 0.717) is 17.1 Å². The molecule has 0 radical (unpaired) electrons. The number of nitrogens with one attached hydrogen (secondary N) is 1. The van der Waals surface area contributed by atoms with Gasteiger partial charge in [-0.1, -0.05) is 18.2 Å². The predicted molar refractivity (Wildman–Crippen MR) is 104 cm³/mol. The molecule has 3 aromatic rings. The maximum atomic E-state index is 5.67. The molecule has 0 spiro atoms. The van der Waals surface area contributed by atoms with Crippen LogP contribution in [0.5, 0.6) is 0 Å². The third kappa shape index (κ3) is 4.03. The SMILES string of the molecule is Cc1nc(Cc2nn(C[NH+]3CCN(c4ccccc4)CC3)c(=S)o2)cs1. The van der Waals surface area contributed by atoms with Crippen LogP contribution in [0.15, 0.2) is 40.1 Å². The van der Waals surface area contributed by atoms with Crippen LogP contribution in [0.1, 0.15) is 16.6 Å². The van der Waals surface area contributed by atoms with Gasteiger partial charge in [0, 0.05) is 11.1 Å². The number of hydrogen-bond donors (Lipinski definition) is 1. The number of thiazole rings is 1. The molecule has 1 N–H and O–H groups in total. The average molecular weight is 389 g/mol. The molecule has 3 heterocycles. The first-order valence-electron chi connectivity index (χ1n) is 8.79. The molecule has 4 rings (SSSR count). The number of piperazine rings is 1. The van der Waals surface area contributed by atoms with Gasteiger partial charge in [0.25, 0.3) is 4.84 Å². The Morgan fingerprint density at radius 3 is 2.69 bits per heavy atom. The molecule has 0 amide bonds. The van der Waals surface area contributed by atoms with Crippen molar-refractivity contribution in [1.29, 1.82) is 0 Å². The lowest BCUT2D eigenvalue weighted by atomic mass is 10.2. The van der Waals surface area contributed by atoms with Gasteiger partial charge in [0.2, 0.25) is 5.89 Å². The van der Waals surface area contributed by atoms with E-state index in [1.807, 2.05) is 17.0 Å². The number of para-hydroxylation sites is 1. The van der Waals surface area contributed by atoms with Crippen LogP contribution in [0.2, 0.25) is 0 Å². The number of rotatable bonds is 5. The van der Waals surface area contributed by atoms with Crippen molar-refractivity contribution in [3.8, 4) is 0 Å². The molecule has 1 saturated heterocycles. The molecule has 2 aromatic heterocycles. The highest BCUT2D eigenvalue weighted by molar-refractivity contribution is 7.71. The topological polar surface area (TPSA) is 51.5 Å². The summed E-state index contributed by atoms with van der Waals surface area (Å²) in [7, 11) is 0. The fourth-order valence-electron chi connectivity index (χ4n) is 3.25. The minimum absolute atomic E-state index is 0.449. The number of anilines is 1. The third-order valence-corrected chi connectivity index (χ3v) is 5.73. The molecular weight excluding hydrogens is 366 g/mol. The molecule has 26 heavy (non-hydrogen) atoms. The van der Waals surface area contributed by atoms with Crippen molar-refractivity contribution in [2.75, 3.05) is 31.1 Å². The van der Waals surface area contributed by atoms with Gasteiger partial charge in [0.15, 0.2) is 6.67 Å². The number of hydrogen-bond acceptors (Lipinski definition) is 6. The molecule has 1 aromatic carbocycles. The first kappa shape index (κ1) is 17.4. The average Bonchev–Trinajstić information content (AvgIpc) is 3.22. The van der Waals surface area contributed by atoms with E-state index in [4.69, 9.17) is 16.6 Å². The van der Waals surface area contributed by atoms with Gasteiger partial charge in [-0.25, -0.2) is 4.98 Å². The third-order valence-electron chi connectivity index (χ3n) is 4.61. The Bertz CT molecular complexity index is 909. The zero-order valence-electron chi connectivity index (χ0n) is 14.7. The van der Waals surface area contributed by atoms with Gasteiger partial charge in [-0.3, -0.25) is 0 Å². The zero-order chi connectivity index (χ0) is 17.9. The quantitative estimate of drug-likeness (QED) is 0.677. The van der Waals surface area contributed by atoms with Crippen molar-refractivity contribution in [3.63, 3.8) is 0 Å². The van der Waals surface area contributed by atoms with E-state index in [2.05, 4.69) is 45.3 Å². The van der Waals surface area contributed by atoms with Crippen LogP contribution in [-0.2, 0) is 13.1 Å². The van der Waals surface area contributed by atoms with Crippen LogP contribution in [-0.4, -0.2) is 40.9 Å². The number of quaternary nitrogens is 1. The Morgan fingerprint density at radius 2 is 2.00 bits per heavy atom. The largest absolute Gasteiger partial charge is 0.413 e. The highest BCUT2D eigenvalue weighted by atomic mass is 32.1. The molecule has 0 aliphatic carbocycles. The van der Waals surface area contributed by atoms with Gasteiger partial charge in [-0.15, -0.1) is 16.4 Å². The second-order valence-corrected chi connectivity index (χ2v) is 7.94. The Hall–Kier alpha value is -2.03. The molecule has 0 atom stereocenters. The molecule has 1 aliphatic heterocycles. The summed E-state index contributed by atoms with van der Waals surface area (Å²) in [6, 6.07) is 10.6. The molecule has 8 heteroatoms. The van der Waals surface area contributed by atoms with Crippen LogP contribution >= 0.6 is 23.6 Å². The van der Waals surface area contributed by atoms with Crippen molar-refractivity contribution in [3.05, 3.63) is 57.1 Å². The van der Waals surface area contributed by atoms with E-state index >= 15 is 0 Å². The van der Waals surface area contributed by atoms with Crippen LogP contribution in [0.4, 0.5) is 5.69 Å². The van der Waals surface area contributed by atoms with Crippen LogP contribution < -0.4 is 9.80 Å². The minimum atomic E-state index is 0.449. The number of aryl methyl sites for hydroxylation is 1. The van der Waals surface area contributed by atoms with Crippen LogP contribution in [0, 0.1) is 11.8 Å². The summed E-state index contributed by atoms with van der Waals surface area (Å²) in [5.41, 5.74) is 2.28. The summed E-state index contributed by atoms with van der Waals surface area (Å²) in [5, 5.41) is 7.66. The highest BCUT2D eigenvalue weighted by Gasteiger charge is 2.21. The van der Waals surface area contributed by atoms with E-state index < -0.39 is 0 Å². The summed E-state index contributed by atoms with van der Waals surface area (Å²) in [4.78, 5) is 8.81.